The molecule has 6 rings (SSSR count). The number of para-hydroxylation sites is 1. The molecule has 0 atom stereocenters. The quantitative estimate of drug-likeness (QED) is 0.0626. The van der Waals surface area contributed by atoms with E-state index in [-0.39, 0.29) is 16.8 Å². The Morgan fingerprint density at radius 3 is 1.90 bits per heavy atom. The second-order valence-corrected chi connectivity index (χ2v) is 11.9. The van der Waals surface area contributed by atoms with Crippen molar-refractivity contribution in [2.45, 2.75) is 0 Å². The molecule has 13 heteroatoms. The molecule has 0 radical (unpaired) electrons. The zero-order valence-electron chi connectivity index (χ0n) is 24.8. The molecule has 2 aliphatic carbocycles. The number of hydrazone groups is 2. The van der Waals surface area contributed by atoms with Gasteiger partial charge in [0.1, 0.15) is 10.5 Å². The van der Waals surface area contributed by atoms with E-state index < -0.39 is 38.3 Å². The van der Waals surface area contributed by atoms with E-state index in [9.17, 15) is 27.4 Å². The van der Waals surface area contributed by atoms with Gasteiger partial charge in [0.15, 0.2) is 11.5 Å². The van der Waals surface area contributed by atoms with E-state index in [0.29, 0.717) is 22.6 Å². The number of carboxylic acids is 1. The van der Waals surface area contributed by atoms with Crippen LogP contribution in [-0.4, -0.2) is 47.0 Å². The predicted octanol–water partition coefficient (Wildman–Crippen LogP) is 5.91. The van der Waals surface area contributed by atoms with Crippen molar-refractivity contribution in [1.29, 1.82) is 0 Å². The van der Waals surface area contributed by atoms with Gasteiger partial charge in [-0.2, -0.15) is 18.6 Å². The van der Waals surface area contributed by atoms with Crippen LogP contribution in [0.5, 0.6) is 0 Å². The highest BCUT2D eigenvalue weighted by atomic mass is 32.2. The SMILES string of the molecule is O=C(O)C1=C/C(=N\Nc2ccc(-c3ccc(N/N=C4\C(=O)c5ccc(Nc6ccccc6)cc5C=C4S(=O)(=O)O)cc3)cc2)C=CC1=O. The number of fused-ring (bicyclic) bond motifs is 1. The zero-order valence-corrected chi connectivity index (χ0v) is 25.6. The summed E-state index contributed by atoms with van der Waals surface area (Å²) in [5, 5.41) is 20.5. The average molecular weight is 660 g/mol. The van der Waals surface area contributed by atoms with Gasteiger partial charge in [0, 0.05) is 16.9 Å². The molecule has 48 heavy (non-hydrogen) atoms. The monoisotopic (exact) mass is 659 g/mol. The molecule has 4 aromatic rings. The highest BCUT2D eigenvalue weighted by Gasteiger charge is 2.33. The van der Waals surface area contributed by atoms with Crippen LogP contribution in [0.25, 0.3) is 17.2 Å². The fraction of sp³-hybridized carbons (Fsp3) is 0. The number of rotatable bonds is 9. The number of carboxylic acid groups (broad SMARTS) is 1. The summed E-state index contributed by atoms with van der Waals surface area (Å²) in [7, 11) is -4.80. The Morgan fingerprint density at radius 1 is 0.688 bits per heavy atom. The maximum atomic E-state index is 13.4. The number of carbonyl (C=O) groups is 3. The molecule has 0 bridgehead atoms. The van der Waals surface area contributed by atoms with Gasteiger partial charge in [-0.05, 0) is 95.6 Å². The van der Waals surface area contributed by atoms with Gasteiger partial charge in [-0.3, -0.25) is 25.0 Å². The molecule has 0 fully saturated rings. The maximum absolute atomic E-state index is 13.4. The smallest absolute Gasteiger partial charge is 0.339 e. The van der Waals surface area contributed by atoms with E-state index in [1.54, 1.807) is 54.6 Å². The molecule has 12 nitrogen and oxygen atoms in total. The molecule has 0 spiro atoms. The van der Waals surface area contributed by atoms with Crippen molar-refractivity contribution in [3.8, 4) is 11.1 Å². The lowest BCUT2D eigenvalue weighted by molar-refractivity contribution is -0.134. The van der Waals surface area contributed by atoms with E-state index in [4.69, 9.17) is 5.11 Å². The van der Waals surface area contributed by atoms with Crippen LogP contribution in [0.2, 0.25) is 0 Å². The predicted molar refractivity (Wildman–Crippen MR) is 184 cm³/mol. The number of nitrogens with one attached hydrogen (secondary N) is 3. The number of anilines is 4. The van der Waals surface area contributed by atoms with Gasteiger partial charge in [0.05, 0.1) is 17.1 Å². The number of ketones is 2. The summed E-state index contributed by atoms with van der Waals surface area (Å²) in [4.78, 5) is 35.6. The summed E-state index contributed by atoms with van der Waals surface area (Å²) in [5.74, 6) is -2.59. The van der Waals surface area contributed by atoms with Crippen LogP contribution >= 0.6 is 0 Å². The Labute approximate surface area is 274 Å². The first-order chi connectivity index (χ1) is 23.0. The molecule has 238 valence electrons. The van der Waals surface area contributed by atoms with Gasteiger partial charge < -0.3 is 10.4 Å². The third-order valence-corrected chi connectivity index (χ3v) is 8.15. The van der Waals surface area contributed by atoms with Crippen LogP contribution in [0.15, 0.2) is 136 Å². The van der Waals surface area contributed by atoms with Crippen molar-refractivity contribution in [2.75, 3.05) is 16.2 Å². The average Bonchev–Trinajstić information content (AvgIpc) is 3.08. The lowest BCUT2D eigenvalue weighted by Crippen LogP contribution is -2.27. The normalized spacial score (nSPS) is 15.9. The first-order valence-electron chi connectivity index (χ1n) is 14.3. The fourth-order valence-corrected chi connectivity index (χ4v) is 5.54. The van der Waals surface area contributed by atoms with Crippen LogP contribution < -0.4 is 16.2 Å². The van der Waals surface area contributed by atoms with E-state index in [1.807, 2.05) is 42.5 Å². The highest BCUT2D eigenvalue weighted by Crippen LogP contribution is 2.30. The van der Waals surface area contributed by atoms with Crippen LogP contribution in [0, 0.1) is 0 Å². The van der Waals surface area contributed by atoms with Crippen LogP contribution in [-0.2, 0) is 19.7 Å². The Balaban J connectivity index is 1.15. The van der Waals surface area contributed by atoms with Crippen molar-refractivity contribution in [3.05, 3.63) is 137 Å². The van der Waals surface area contributed by atoms with Crippen molar-refractivity contribution in [3.63, 3.8) is 0 Å². The minimum Gasteiger partial charge on any atom is -0.478 e. The molecule has 0 aliphatic heterocycles. The Hall–Kier alpha value is -6.44. The maximum Gasteiger partial charge on any atom is 0.339 e. The van der Waals surface area contributed by atoms with Crippen LogP contribution in [0.1, 0.15) is 15.9 Å². The lowest BCUT2D eigenvalue weighted by atomic mass is 9.94. The minimum absolute atomic E-state index is 0.230. The summed E-state index contributed by atoms with van der Waals surface area (Å²) in [5.41, 5.74) is 9.78. The number of carbonyl (C=O) groups excluding carboxylic acids is 2. The number of hydrogen-bond donors (Lipinski definition) is 5. The van der Waals surface area contributed by atoms with Crippen LogP contribution in [0.3, 0.4) is 0 Å². The third-order valence-electron chi connectivity index (χ3n) is 7.28. The number of allylic oxidation sites excluding steroid dienone is 4. The molecule has 0 aromatic heterocycles. The van der Waals surface area contributed by atoms with Gasteiger partial charge >= 0.3 is 5.97 Å². The Morgan fingerprint density at radius 2 is 1.29 bits per heavy atom. The van der Waals surface area contributed by atoms with Gasteiger partial charge in [0.2, 0.25) is 5.78 Å². The second kappa shape index (κ2) is 13.1. The lowest BCUT2D eigenvalue weighted by Gasteiger charge is -2.17. The molecular formula is C35H25N5O7S. The Kier molecular flexibility index (Phi) is 8.62. The largest absolute Gasteiger partial charge is 0.478 e. The summed E-state index contributed by atoms with van der Waals surface area (Å²) in [6.45, 7) is 0. The fourth-order valence-electron chi connectivity index (χ4n) is 4.89. The number of aliphatic carboxylic acids is 1. The van der Waals surface area contributed by atoms with Gasteiger partial charge in [-0.25, -0.2) is 4.79 Å². The summed E-state index contributed by atoms with van der Waals surface area (Å²) >= 11 is 0. The summed E-state index contributed by atoms with van der Waals surface area (Å²) in [6.07, 6.45) is 4.97. The molecule has 2 aliphatic rings. The molecule has 0 saturated heterocycles. The summed E-state index contributed by atoms with van der Waals surface area (Å²) < 4.78 is 34.5. The topological polar surface area (TPSA) is 187 Å². The van der Waals surface area contributed by atoms with Crippen molar-refractivity contribution in [1.82, 2.24) is 0 Å². The summed E-state index contributed by atoms with van der Waals surface area (Å²) in [6, 6.07) is 28.4. The standard InChI is InChI=1S/C35H25N5O7S/c41-31-17-15-28(20-30(31)35(43)44)39-37-25-10-6-21(7-11-25)22-8-12-26(13-9-22)38-40-33-32(48(45,46)47)19-23-18-27(14-16-29(23)34(33)42)36-24-4-2-1-3-5-24/h1-20,36-38H,(H,43,44)(H,45,46,47)/b39-28-,40-33-. The minimum atomic E-state index is -4.80. The second-order valence-electron chi connectivity index (χ2n) is 10.5. The van der Waals surface area contributed by atoms with Crippen LogP contribution in [0.4, 0.5) is 22.7 Å². The van der Waals surface area contributed by atoms with Gasteiger partial charge in [-0.1, -0.05) is 42.5 Å². The molecule has 5 N–H and O–H groups in total. The van der Waals surface area contributed by atoms with E-state index in [1.165, 1.54) is 18.2 Å². The number of nitrogens with zero attached hydrogens (tertiary/aromatic N) is 2. The van der Waals surface area contributed by atoms with E-state index in [0.717, 1.165) is 22.9 Å². The number of benzene rings is 4. The number of hydrogen-bond acceptors (Lipinski definition) is 10. The molecule has 0 heterocycles. The first-order valence-corrected chi connectivity index (χ1v) is 15.7. The van der Waals surface area contributed by atoms with Crippen molar-refractivity contribution in [2.24, 2.45) is 10.2 Å². The molecule has 0 unspecified atom stereocenters. The number of Topliss-reactive ketones (excluding diaryl/α,β-unsaturated/α-hetero) is 1. The van der Waals surface area contributed by atoms with Crippen molar-refractivity contribution >= 4 is 67.9 Å². The Bertz CT molecular complexity index is 2220. The van der Waals surface area contributed by atoms with Gasteiger partial charge in [0.25, 0.3) is 10.1 Å². The van der Waals surface area contributed by atoms with Crippen molar-refractivity contribution < 1.29 is 32.5 Å². The molecule has 0 saturated carbocycles. The molecule has 4 aromatic carbocycles. The van der Waals surface area contributed by atoms with E-state index >= 15 is 0 Å². The van der Waals surface area contributed by atoms with Gasteiger partial charge in [-0.15, -0.1) is 0 Å². The molecular weight excluding hydrogens is 634 g/mol. The third kappa shape index (κ3) is 7.02. The van der Waals surface area contributed by atoms with E-state index in [2.05, 4.69) is 26.4 Å². The zero-order chi connectivity index (χ0) is 33.8. The highest BCUT2D eigenvalue weighted by molar-refractivity contribution is 7.91. The molecule has 0 amide bonds. The first kappa shape index (κ1) is 31.5.